The largest absolute Gasteiger partial charge is 0.346 e. The van der Waals surface area contributed by atoms with Crippen molar-refractivity contribution in [3.05, 3.63) is 56.7 Å². The Balaban J connectivity index is 2.05. The van der Waals surface area contributed by atoms with Gasteiger partial charge in [-0.2, -0.15) is 10.2 Å². The molecule has 1 heterocycles. The third-order valence-electron chi connectivity index (χ3n) is 3.54. The zero-order chi connectivity index (χ0) is 19.1. The van der Waals surface area contributed by atoms with E-state index < -0.39 is 11.2 Å². The Labute approximate surface area is 154 Å². The summed E-state index contributed by atoms with van der Waals surface area (Å²) < 4.78 is 2.02. The molecule has 1 aromatic carbocycles. The van der Waals surface area contributed by atoms with E-state index in [0.717, 1.165) is 45.1 Å². The Morgan fingerprint density at radius 1 is 1.23 bits per heavy atom. The van der Waals surface area contributed by atoms with Crippen LogP contribution >= 0.6 is 11.8 Å². The van der Waals surface area contributed by atoms with Crippen LogP contribution in [-0.4, -0.2) is 31.7 Å². The highest BCUT2D eigenvalue weighted by Gasteiger charge is 2.12. The van der Waals surface area contributed by atoms with E-state index >= 15 is 0 Å². The first kappa shape index (κ1) is 19.6. The third-order valence-corrected chi connectivity index (χ3v) is 4.48. The van der Waals surface area contributed by atoms with Crippen molar-refractivity contribution in [1.82, 2.24) is 19.8 Å². The van der Waals surface area contributed by atoms with E-state index in [9.17, 15) is 14.4 Å². The molecule has 9 heteroatoms. The fraction of sp³-hybridized carbons (Fsp3) is 0.353. The lowest BCUT2D eigenvalue weighted by molar-refractivity contribution is -0.118. The number of aryl methyl sites for hydroxylation is 1. The van der Waals surface area contributed by atoms with Crippen LogP contribution in [0.3, 0.4) is 0 Å². The zero-order valence-electron chi connectivity index (χ0n) is 14.9. The molecule has 2 aromatic rings. The second kappa shape index (κ2) is 9.14. The number of benzene rings is 1. The van der Waals surface area contributed by atoms with E-state index in [0.29, 0.717) is 0 Å². The van der Waals surface area contributed by atoms with Crippen molar-refractivity contribution in [3.8, 4) is 0 Å². The monoisotopic (exact) mass is 375 g/mol. The Kier molecular flexibility index (Phi) is 6.90. The van der Waals surface area contributed by atoms with E-state index in [-0.39, 0.29) is 16.7 Å². The normalized spacial score (nSPS) is 11.4. The number of carbonyl (C=O) groups is 1. The summed E-state index contributed by atoms with van der Waals surface area (Å²) in [5.41, 5.74) is 3.23. The molecule has 8 nitrogen and oxygen atoms in total. The molecule has 1 N–H and O–H groups in total. The molecular weight excluding hydrogens is 354 g/mol. The van der Waals surface area contributed by atoms with Gasteiger partial charge in [0.15, 0.2) is 5.03 Å². The van der Waals surface area contributed by atoms with Crippen molar-refractivity contribution in [2.75, 3.05) is 5.75 Å². The van der Waals surface area contributed by atoms with Gasteiger partial charge in [0, 0.05) is 14.1 Å². The molecule has 0 atom stereocenters. The van der Waals surface area contributed by atoms with Crippen molar-refractivity contribution < 1.29 is 4.79 Å². The van der Waals surface area contributed by atoms with Gasteiger partial charge in [-0.05, 0) is 12.0 Å². The molecule has 2 rings (SSSR count). The molecule has 0 unspecified atom stereocenters. The predicted molar refractivity (Wildman–Crippen MR) is 101 cm³/mol. The van der Waals surface area contributed by atoms with Gasteiger partial charge in [0.25, 0.3) is 5.56 Å². The highest BCUT2D eigenvalue weighted by atomic mass is 32.2. The molecule has 0 aliphatic carbocycles. The second-order valence-corrected chi connectivity index (χ2v) is 6.54. The van der Waals surface area contributed by atoms with E-state index in [1.807, 2.05) is 37.3 Å². The van der Waals surface area contributed by atoms with E-state index in [2.05, 4.69) is 15.6 Å². The smallest absolute Gasteiger partial charge is 0.272 e. The minimum Gasteiger partial charge on any atom is -0.272 e. The van der Waals surface area contributed by atoms with Gasteiger partial charge in [-0.3, -0.25) is 14.2 Å². The summed E-state index contributed by atoms with van der Waals surface area (Å²) in [6.07, 6.45) is 1.64. The fourth-order valence-corrected chi connectivity index (χ4v) is 2.96. The van der Waals surface area contributed by atoms with Gasteiger partial charge in [-0.25, -0.2) is 14.9 Å². The Morgan fingerprint density at radius 3 is 2.58 bits per heavy atom. The van der Waals surface area contributed by atoms with Crippen molar-refractivity contribution in [2.24, 2.45) is 19.2 Å². The number of amides is 1. The summed E-state index contributed by atoms with van der Waals surface area (Å²) >= 11 is 0.968. The molecule has 0 saturated carbocycles. The van der Waals surface area contributed by atoms with Crippen LogP contribution in [0.2, 0.25) is 0 Å². The van der Waals surface area contributed by atoms with E-state index in [1.54, 1.807) is 0 Å². The van der Waals surface area contributed by atoms with Crippen LogP contribution < -0.4 is 16.7 Å². The number of aromatic nitrogens is 3. The number of rotatable bonds is 7. The Hall–Kier alpha value is -2.68. The minimum absolute atomic E-state index is 0.0296. The molecule has 138 valence electrons. The van der Waals surface area contributed by atoms with Crippen LogP contribution in [0.1, 0.15) is 25.3 Å². The molecule has 0 fully saturated rings. The molecule has 0 saturated heterocycles. The number of carbonyl (C=O) groups excluding carboxylic acids is 1. The van der Waals surface area contributed by atoms with Crippen LogP contribution in [0.25, 0.3) is 0 Å². The minimum atomic E-state index is -0.523. The molecule has 0 bridgehead atoms. The number of hydrogen-bond donors (Lipinski definition) is 1. The van der Waals surface area contributed by atoms with Gasteiger partial charge >= 0.3 is 5.69 Å². The first-order chi connectivity index (χ1) is 12.4. The van der Waals surface area contributed by atoms with Gasteiger partial charge in [0.2, 0.25) is 5.91 Å². The standard InChI is InChI=1S/C17H21N5O3S/c1-4-8-13(12-9-6-5-7-10-12)18-19-14(23)11-26-15-16(24)21(2)17(25)22(3)20-15/h5-7,9-10H,4,8,11H2,1-3H3,(H,19,23)/b18-13-. The lowest BCUT2D eigenvalue weighted by Crippen LogP contribution is -2.39. The molecule has 0 aliphatic rings. The predicted octanol–water partition coefficient (Wildman–Crippen LogP) is 0.892. The maximum Gasteiger partial charge on any atom is 0.346 e. The van der Waals surface area contributed by atoms with Crippen LogP contribution in [0.4, 0.5) is 0 Å². The maximum absolute atomic E-state index is 12.1. The zero-order valence-corrected chi connectivity index (χ0v) is 15.7. The van der Waals surface area contributed by atoms with Gasteiger partial charge < -0.3 is 0 Å². The lowest BCUT2D eigenvalue weighted by atomic mass is 10.1. The fourth-order valence-electron chi connectivity index (χ4n) is 2.19. The number of hydrazone groups is 1. The van der Waals surface area contributed by atoms with Crippen LogP contribution in [0.15, 0.2) is 50.0 Å². The first-order valence-corrected chi connectivity index (χ1v) is 9.10. The summed E-state index contributed by atoms with van der Waals surface area (Å²) in [6, 6.07) is 9.63. The average molecular weight is 375 g/mol. The summed E-state index contributed by atoms with van der Waals surface area (Å²) in [5.74, 6) is -0.379. The molecular formula is C17H21N5O3S. The summed E-state index contributed by atoms with van der Waals surface area (Å²) in [4.78, 5) is 35.7. The van der Waals surface area contributed by atoms with Crippen molar-refractivity contribution in [1.29, 1.82) is 0 Å². The SMILES string of the molecule is CCC/C(=N/NC(=O)CSc1nn(C)c(=O)n(C)c1=O)c1ccccc1. The lowest BCUT2D eigenvalue weighted by Gasteiger charge is -2.07. The number of hydrogen-bond acceptors (Lipinski definition) is 6. The van der Waals surface area contributed by atoms with Gasteiger partial charge in [-0.1, -0.05) is 55.4 Å². The highest BCUT2D eigenvalue weighted by molar-refractivity contribution is 7.99. The first-order valence-electron chi connectivity index (χ1n) is 8.12. The highest BCUT2D eigenvalue weighted by Crippen LogP contribution is 2.09. The maximum atomic E-state index is 12.1. The van der Waals surface area contributed by atoms with Crippen molar-refractivity contribution in [2.45, 2.75) is 24.8 Å². The van der Waals surface area contributed by atoms with E-state index in [1.165, 1.54) is 14.1 Å². The molecule has 0 aliphatic heterocycles. The second-order valence-electron chi connectivity index (χ2n) is 5.57. The quantitative estimate of drug-likeness (QED) is 0.440. The molecule has 0 radical (unpaired) electrons. The molecule has 26 heavy (non-hydrogen) atoms. The summed E-state index contributed by atoms with van der Waals surface area (Å²) in [6.45, 7) is 2.04. The van der Waals surface area contributed by atoms with Gasteiger partial charge in [0.05, 0.1) is 11.5 Å². The number of nitrogens with one attached hydrogen (secondary N) is 1. The molecule has 0 spiro atoms. The Bertz CT molecular complexity index is 918. The molecule has 1 aromatic heterocycles. The molecule has 1 amide bonds. The van der Waals surface area contributed by atoms with Crippen molar-refractivity contribution in [3.63, 3.8) is 0 Å². The van der Waals surface area contributed by atoms with Crippen LogP contribution in [-0.2, 0) is 18.9 Å². The van der Waals surface area contributed by atoms with Crippen molar-refractivity contribution >= 4 is 23.4 Å². The summed E-state index contributed by atoms with van der Waals surface area (Å²) in [7, 11) is 2.82. The van der Waals surface area contributed by atoms with Crippen LogP contribution in [0.5, 0.6) is 0 Å². The number of thioether (sulfide) groups is 1. The van der Waals surface area contributed by atoms with Gasteiger partial charge in [0.1, 0.15) is 0 Å². The van der Waals surface area contributed by atoms with Crippen LogP contribution in [0, 0.1) is 0 Å². The Morgan fingerprint density at radius 2 is 1.92 bits per heavy atom. The number of nitrogens with zero attached hydrogens (tertiary/aromatic N) is 4. The summed E-state index contributed by atoms with van der Waals surface area (Å²) in [5, 5.41) is 8.20. The van der Waals surface area contributed by atoms with E-state index in [4.69, 9.17) is 0 Å². The average Bonchev–Trinajstić information content (AvgIpc) is 2.65. The van der Waals surface area contributed by atoms with Gasteiger partial charge in [-0.15, -0.1) is 0 Å². The third kappa shape index (κ3) is 4.92. The topological polar surface area (TPSA) is 98.3 Å².